The van der Waals surface area contributed by atoms with Gasteiger partial charge in [0.1, 0.15) is 0 Å². The molecule has 13 heavy (non-hydrogen) atoms. The standard InChI is InChI=1S/C10H12N2O/c1-12-10(7-13)9-5-3-2-4-8(9)6-11/h2-5,10,12-13H,7H2,1H3/t10-/m1/s1. The molecule has 68 valence electrons. The van der Waals surface area contributed by atoms with Crippen molar-refractivity contribution in [1.82, 2.24) is 5.32 Å². The molecule has 1 aromatic carbocycles. The minimum atomic E-state index is -0.157. The second-order valence-corrected chi connectivity index (χ2v) is 2.72. The Balaban J connectivity index is 3.05. The van der Waals surface area contributed by atoms with Crippen LogP contribution in [0.4, 0.5) is 0 Å². The maximum absolute atomic E-state index is 9.03. The number of aliphatic hydroxyl groups is 1. The summed E-state index contributed by atoms with van der Waals surface area (Å²) in [4.78, 5) is 0. The summed E-state index contributed by atoms with van der Waals surface area (Å²) in [6.45, 7) is -0.00477. The maximum Gasteiger partial charge on any atom is 0.0995 e. The van der Waals surface area contributed by atoms with E-state index in [-0.39, 0.29) is 12.6 Å². The summed E-state index contributed by atoms with van der Waals surface area (Å²) in [5.41, 5.74) is 1.45. The van der Waals surface area contributed by atoms with E-state index in [1.807, 2.05) is 18.2 Å². The quantitative estimate of drug-likeness (QED) is 0.716. The van der Waals surface area contributed by atoms with Crippen molar-refractivity contribution in [1.29, 1.82) is 5.26 Å². The van der Waals surface area contributed by atoms with Crippen molar-refractivity contribution in [2.45, 2.75) is 6.04 Å². The van der Waals surface area contributed by atoms with E-state index in [0.29, 0.717) is 5.56 Å². The van der Waals surface area contributed by atoms with Crippen LogP contribution in [0.15, 0.2) is 24.3 Å². The molecule has 0 heterocycles. The van der Waals surface area contributed by atoms with Crippen molar-refractivity contribution < 1.29 is 5.11 Å². The normalized spacial score (nSPS) is 12.1. The van der Waals surface area contributed by atoms with Gasteiger partial charge in [0.25, 0.3) is 0 Å². The second-order valence-electron chi connectivity index (χ2n) is 2.72. The third kappa shape index (κ3) is 2.05. The summed E-state index contributed by atoms with van der Waals surface area (Å²) in [5.74, 6) is 0. The van der Waals surface area contributed by atoms with Gasteiger partial charge >= 0.3 is 0 Å². The molecule has 0 aliphatic rings. The number of likely N-dealkylation sites (N-methyl/N-ethyl adjacent to an activating group) is 1. The molecule has 0 radical (unpaired) electrons. The van der Waals surface area contributed by atoms with Crippen LogP contribution in [0.2, 0.25) is 0 Å². The van der Waals surface area contributed by atoms with E-state index in [9.17, 15) is 0 Å². The maximum atomic E-state index is 9.03. The van der Waals surface area contributed by atoms with Gasteiger partial charge in [0.2, 0.25) is 0 Å². The van der Waals surface area contributed by atoms with Gasteiger partial charge in [-0.1, -0.05) is 18.2 Å². The lowest BCUT2D eigenvalue weighted by atomic mass is 10.0. The Bertz CT molecular complexity index is 313. The summed E-state index contributed by atoms with van der Waals surface area (Å²) in [5, 5.41) is 20.8. The van der Waals surface area contributed by atoms with E-state index in [2.05, 4.69) is 11.4 Å². The number of nitrogens with one attached hydrogen (secondary N) is 1. The van der Waals surface area contributed by atoms with Gasteiger partial charge in [0.15, 0.2) is 0 Å². The topological polar surface area (TPSA) is 56.0 Å². The molecule has 0 amide bonds. The molecular weight excluding hydrogens is 164 g/mol. The summed E-state index contributed by atoms with van der Waals surface area (Å²) >= 11 is 0. The number of nitrogens with zero attached hydrogens (tertiary/aromatic N) is 1. The molecule has 0 spiro atoms. The number of aliphatic hydroxyl groups excluding tert-OH is 1. The van der Waals surface area contributed by atoms with Crippen LogP contribution in [0.1, 0.15) is 17.2 Å². The van der Waals surface area contributed by atoms with E-state index < -0.39 is 0 Å². The van der Waals surface area contributed by atoms with Crippen LogP contribution in [-0.2, 0) is 0 Å². The van der Waals surface area contributed by atoms with Gasteiger partial charge in [0.05, 0.1) is 24.3 Å². The van der Waals surface area contributed by atoms with Crippen molar-refractivity contribution in [2.24, 2.45) is 0 Å². The first kappa shape index (κ1) is 9.72. The second kappa shape index (κ2) is 4.61. The highest BCUT2D eigenvalue weighted by Gasteiger charge is 2.10. The zero-order valence-corrected chi connectivity index (χ0v) is 7.49. The predicted molar refractivity (Wildman–Crippen MR) is 50.0 cm³/mol. The molecule has 3 heteroatoms. The lowest BCUT2D eigenvalue weighted by molar-refractivity contribution is 0.251. The number of rotatable bonds is 3. The van der Waals surface area contributed by atoms with Crippen LogP contribution in [0.3, 0.4) is 0 Å². The summed E-state index contributed by atoms with van der Waals surface area (Å²) in [6.07, 6.45) is 0. The number of hydrogen-bond acceptors (Lipinski definition) is 3. The molecule has 1 rings (SSSR count). The molecule has 0 aromatic heterocycles. The first-order chi connectivity index (χ1) is 6.33. The molecule has 0 saturated carbocycles. The molecule has 0 bridgehead atoms. The fraction of sp³-hybridized carbons (Fsp3) is 0.300. The summed E-state index contributed by atoms with van der Waals surface area (Å²) in [7, 11) is 1.76. The third-order valence-electron chi connectivity index (χ3n) is 1.99. The lowest BCUT2D eigenvalue weighted by Gasteiger charge is -2.14. The predicted octanol–water partition coefficient (Wildman–Crippen LogP) is 0.811. The van der Waals surface area contributed by atoms with Crippen molar-refractivity contribution in [3.63, 3.8) is 0 Å². The van der Waals surface area contributed by atoms with Gasteiger partial charge in [0, 0.05) is 0 Å². The molecule has 1 aromatic rings. The van der Waals surface area contributed by atoms with Crippen LogP contribution in [-0.4, -0.2) is 18.8 Å². The first-order valence-electron chi connectivity index (χ1n) is 4.10. The van der Waals surface area contributed by atoms with Gasteiger partial charge < -0.3 is 10.4 Å². The fourth-order valence-electron chi connectivity index (χ4n) is 1.25. The average molecular weight is 176 g/mol. The molecule has 3 nitrogen and oxygen atoms in total. The Morgan fingerprint density at radius 1 is 1.54 bits per heavy atom. The molecule has 0 unspecified atom stereocenters. The van der Waals surface area contributed by atoms with Gasteiger partial charge in [-0.25, -0.2) is 0 Å². The molecule has 0 saturated heterocycles. The average Bonchev–Trinajstić information content (AvgIpc) is 2.20. The Kier molecular flexibility index (Phi) is 3.44. The lowest BCUT2D eigenvalue weighted by Crippen LogP contribution is -2.20. The van der Waals surface area contributed by atoms with Gasteiger partial charge in [-0.3, -0.25) is 0 Å². The van der Waals surface area contributed by atoms with E-state index in [1.165, 1.54) is 0 Å². The van der Waals surface area contributed by atoms with Crippen LogP contribution in [0, 0.1) is 11.3 Å². The summed E-state index contributed by atoms with van der Waals surface area (Å²) in [6, 6.07) is 9.19. The van der Waals surface area contributed by atoms with E-state index in [0.717, 1.165) is 5.56 Å². The van der Waals surface area contributed by atoms with Crippen LogP contribution in [0.5, 0.6) is 0 Å². The molecule has 0 fully saturated rings. The molecule has 1 atom stereocenters. The fourth-order valence-corrected chi connectivity index (χ4v) is 1.25. The van der Waals surface area contributed by atoms with Crippen LogP contribution < -0.4 is 5.32 Å². The van der Waals surface area contributed by atoms with Gasteiger partial charge in [-0.05, 0) is 18.7 Å². The zero-order chi connectivity index (χ0) is 9.68. The minimum Gasteiger partial charge on any atom is -0.394 e. The Morgan fingerprint density at radius 2 is 2.23 bits per heavy atom. The highest BCUT2D eigenvalue weighted by molar-refractivity contribution is 5.39. The highest BCUT2D eigenvalue weighted by atomic mass is 16.3. The van der Waals surface area contributed by atoms with Crippen molar-refractivity contribution in [3.8, 4) is 6.07 Å². The molecule has 2 N–H and O–H groups in total. The zero-order valence-electron chi connectivity index (χ0n) is 7.49. The van der Waals surface area contributed by atoms with Crippen LogP contribution >= 0.6 is 0 Å². The molecule has 0 aliphatic carbocycles. The first-order valence-corrected chi connectivity index (χ1v) is 4.10. The largest absolute Gasteiger partial charge is 0.394 e. The van der Waals surface area contributed by atoms with Crippen molar-refractivity contribution >= 4 is 0 Å². The Morgan fingerprint density at radius 3 is 2.77 bits per heavy atom. The minimum absolute atomic E-state index is 0.00477. The monoisotopic (exact) mass is 176 g/mol. The number of benzene rings is 1. The SMILES string of the molecule is CN[C@H](CO)c1ccccc1C#N. The van der Waals surface area contributed by atoms with Gasteiger partial charge in [-0.2, -0.15) is 5.26 Å². The summed E-state index contributed by atoms with van der Waals surface area (Å²) < 4.78 is 0. The highest BCUT2D eigenvalue weighted by Crippen LogP contribution is 2.16. The Labute approximate surface area is 77.6 Å². The van der Waals surface area contributed by atoms with Gasteiger partial charge in [-0.15, -0.1) is 0 Å². The van der Waals surface area contributed by atoms with Crippen molar-refractivity contribution in [3.05, 3.63) is 35.4 Å². The number of nitriles is 1. The van der Waals surface area contributed by atoms with Crippen LogP contribution in [0.25, 0.3) is 0 Å². The number of hydrogen-bond donors (Lipinski definition) is 2. The van der Waals surface area contributed by atoms with E-state index >= 15 is 0 Å². The third-order valence-corrected chi connectivity index (χ3v) is 1.99. The van der Waals surface area contributed by atoms with E-state index in [1.54, 1.807) is 13.1 Å². The molecular formula is C10H12N2O. The molecule has 0 aliphatic heterocycles. The van der Waals surface area contributed by atoms with E-state index in [4.69, 9.17) is 10.4 Å². The smallest absolute Gasteiger partial charge is 0.0995 e. The Hall–Kier alpha value is -1.37. The van der Waals surface area contributed by atoms with Crippen molar-refractivity contribution in [2.75, 3.05) is 13.7 Å².